The Morgan fingerprint density at radius 3 is 2.57 bits per heavy atom. The lowest BCUT2D eigenvalue weighted by Gasteiger charge is -2.37. The molecule has 21 heavy (non-hydrogen) atoms. The van der Waals surface area contributed by atoms with Crippen molar-refractivity contribution >= 4 is 5.69 Å². The first kappa shape index (κ1) is 14.8. The van der Waals surface area contributed by atoms with Crippen LogP contribution in [0.1, 0.15) is 18.5 Å². The van der Waals surface area contributed by atoms with Crippen LogP contribution in [0, 0.1) is 5.82 Å². The first-order valence-electron chi connectivity index (χ1n) is 7.82. The third-order valence-electron chi connectivity index (χ3n) is 4.49. The number of nitrogens with one attached hydrogen (secondary N) is 1. The van der Waals surface area contributed by atoms with Crippen LogP contribution in [-0.4, -0.2) is 57.4 Å². The van der Waals surface area contributed by atoms with Crippen molar-refractivity contribution in [3.8, 4) is 0 Å². The lowest BCUT2D eigenvalue weighted by molar-refractivity contribution is 0.122. The van der Waals surface area contributed by atoms with Crippen molar-refractivity contribution in [2.45, 2.75) is 13.0 Å². The highest BCUT2D eigenvalue weighted by atomic mass is 19.1. The summed E-state index contributed by atoms with van der Waals surface area (Å²) in [5.41, 5.74) is 2.25. The van der Waals surface area contributed by atoms with Crippen LogP contribution < -0.4 is 10.2 Å². The molecule has 2 saturated heterocycles. The number of ether oxygens (including phenoxy) is 1. The third-order valence-corrected chi connectivity index (χ3v) is 4.49. The van der Waals surface area contributed by atoms with E-state index in [0.29, 0.717) is 0 Å². The van der Waals surface area contributed by atoms with Crippen LogP contribution in [0.4, 0.5) is 10.1 Å². The van der Waals surface area contributed by atoms with Gasteiger partial charge in [-0.1, -0.05) is 0 Å². The van der Waals surface area contributed by atoms with Crippen molar-refractivity contribution in [3.05, 3.63) is 29.6 Å². The number of piperazine rings is 1. The number of hydrogen-bond acceptors (Lipinski definition) is 4. The van der Waals surface area contributed by atoms with Gasteiger partial charge < -0.3 is 15.0 Å². The van der Waals surface area contributed by atoms with Gasteiger partial charge in [0, 0.05) is 51.0 Å². The van der Waals surface area contributed by atoms with E-state index in [2.05, 4.69) is 22.0 Å². The van der Waals surface area contributed by atoms with E-state index in [9.17, 15) is 4.39 Å². The van der Waals surface area contributed by atoms with Crippen molar-refractivity contribution in [3.63, 3.8) is 0 Å². The molecule has 1 aromatic carbocycles. The summed E-state index contributed by atoms with van der Waals surface area (Å²) in [5.74, 6) is -0.149. The van der Waals surface area contributed by atoms with Gasteiger partial charge in [0.25, 0.3) is 0 Å². The molecule has 2 aliphatic heterocycles. The second-order valence-electron chi connectivity index (χ2n) is 5.76. The summed E-state index contributed by atoms with van der Waals surface area (Å²) in [6.45, 7) is 9.49. The van der Waals surface area contributed by atoms with Gasteiger partial charge in [0.15, 0.2) is 0 Å². The summed E-state index contributed by atoms with van der Waals surface area (Å²) in [6.07, 6.45) is 0. The zero-order valence-corrected chi connectivity index (χ0v) is 12.6. The Labute approximate surface area is 125 Å². The van der Waals surface area contributed by atoms with E-state index >= 15 is 0 Å². The van der Waals surface area contributed by atoms with Crippen LogP contribution in [-0.2, 0) is 4.74 Å². The SMILES string of the molecule is CC(c1cc(F)ccc1N1CCOCC1)N1CCNCC1. The Bertz CT molecular complexity index is 471. The zero-order valence-electron chi connectivity index (χ0n) is 12.6. The predicted octanol–water partition coefficient (Wildman–Crippen LogP) is 1.63. The number of anilines is 1. The molecule has 0 aliphatic carbocycles. The molecule has 0 bridgehead atoms. The number of morpholine rings is 1. The summed E-state index contributed by atoms with van der Waals surface area (Å²) in [4.78, 5) is 4.74. The first-order valence-corrected chi connectivity index (χ1v) is 7.82. The average molecular weight is 293 g/mol. The third kappa shape index (κ3) is 3.36. The molecule has 0 radical (unpaired) electrons. The van der Waals surface area contributed by atoms with Gasteiger partial charge in [-0.2, -0.15) is 0 Å². The minimum atomic E-state index is -0.149. The summed E-state index contributed by atoms with van der Waals surface area (Å²) in [5, 5.41) is 3.37. The smallest absolute Gasteiger partial charge is 0.123 e. The van der Waals surface area contributed by atoms with E-state index in [-0.39, 0.29) is 11.9 Å². The Balaban J connectivity index is 1.86. The molecule has 1 aromatic rings. The van der Waals surface area contributed by atoms with Gasteiger partial charge >= 0.3 is 0 Å². The Morgan fingerprint density at radius 2 is 1.86 bits per heavy atom. The van der Waals surface area contributed by atoms with Gasteiger partial charge in [0.1, 0.15) is 5.82 Å². The molecule has 4 nitrogen and oxygen atoms in total. The molecule has 1 N–H and O–H groups in total. The van der Waals surface area contributed by atoms with Crippen LogP contribution in [0.15, 0.2) is 18.2 Å². The Hall–Kier alpha value is -1.17. The van der Waals surface area contributed by atoms with E-state index in [0.717, 1.165) is 63.7 Å². The van der Waals surface area contributed by atoms with Gasteiger partial charge in [-0.05, 0) is 30.7 Å². The molecule has 1 atom stereocenters. The van der Waals surface area contributed by atoms with Gasteiger partial charge in [-0.3, -0.25) is 4.90 Å². The van der Waals surface area contributed by atoms with Crippen LogP contribution >= 0.6 is 0 Å². The largest absolute Gasteiger partial charge is 0.378 e. The van der Waals surface area contributed by atoms with Crippen molar-refractivity contribution in [2.75, 3.05) is 57.4 Å². The van der Waals surface area contributed by atoms with Crippen molar-refractivity contribution in [1.29, 1.82) is 0 Å². The highest BCUT2D eigenvalue weighted by molar-refractivity contribution is 5.55. The minimum absolute atomic E-state index is 0.149. The van der Waals surface area contributed by atoms with Crippen LogP contribution in [0.3, 0.4) is 0 Å². The van der Waals surface area contributed by atoms with E-state index in [1.807, 2.05) is 6.07 Å². The summed E-state index contributed by atoms with van der Waals surface area (Å²) in [6, 6.07) is 5.44. The van der Waals surface area contributed by atoms with E-state index in [1.54, 1.807) is 12.1 Å². The Morgan fingerprint density at radius 1 is 1.14 bits per heavy atom. The number of rotatable bonds is 3. The van der Waals surface area contributed by atoms with Crippen molar-refractivity contribution in [2.24, 2.45) is 0 Å². The summed E-state index contributed by atoms with van der Waals surface area (Å²) < 4.78 is 19.2. The summed E-state index contributed by atoms with van der Waals surface area (Å²) >= 11 is 0. The number of benzene rings is 1. The molecule has 0 amide bonds. The maximum Gasteiger partial charge on any atom is 0.123 e. The molecule has 2 aliphatic rings. The van der Waals surface area contributed by atoms with E-state index in [4.69, 9.17) is 4.74 Å². The molecular formula is C16H24FN3O. The molecule has 0 spiro atoms. The second-order valence-corrected chi connectivity index (χ2v) is 5.76. The topological polar surface area (TPSA) is 27.7 Å². The maximum atomic E-state index is 13.8. The van der Waals surface area contributed by atoms with Gasteiger partial charge in [-0.25, -0.2) is 4.39 Å². The lowest BCUT2D eigenvalue weighted by atomic mass is 10.0. The quantitative estimate of drug-likeness (QED) is 0.917. The van der Waals surface area contributed by atoms with E-state index in [1.165, 1.54) is 0 Å². The molecule has 5 heteroatoms. The number of hydrogen-bond donors (Lipinski definition) is 1. The lowest BCUT2D eigenvalue weighted by Crippen LogP contribution is -2.45. The Kier molecular flexibility index (Phi) is 4.73. The molecule has 2 heterocycles. The fraction of sp³-hybridized carbons (Fsp3) is 0.625. The zero-order chi connectivity index (χ0) is 14.7. The fourth-order valence-corrected chi connectivity index (χ4v) is 3.22. The highest BCUT2D eigenvalue weighted by Crippen LogP contribution is 2.31. The summed E-state index contributed by atoms with van der Waals surface area (Å²) in [7, 11) is 0. The molecule has 2 fully saturated rings. The molecule has 116 valence electrons. The molecule has 3 rings (SSSR count). The standard InChI is InChI=1S/C16H24FN3O/c1-13(19-6-4-18-5-7-19)15-12-14(17)2-3-16(15)20-8-10-21-11-9-20/h2-3,12-13,18H,4-11H2,1H3. The molecule has 0 saturated carbocycles. The maximum absolute atomic E-state index is 13.8. The minimum Gasteiger partial charge on any atom is -0.378 e. The van der Waals surface area contributed by atoms with Crippen LogP contribution in [0.5, 0.6) is 0 Å². The number of nitrogens with zero attached hydrogens (tertiary/aromatic N) is 2. The first-order chi connectivity index (χ1) is 10.3. The second kappa shape index (κ2) is 6.73. The molecular weight excluding hydrogens is 269 g/mol. The average Bonchev–Trinajstić information content (AvgIpc) is 2.56. The normalized spacial score (nSPS) is 22.3. The van der Waals surface area contributed by atoms with Gasteiger partial charge in [-0.15, -0.1) is 0 Å². The number of halogens is 1. The predicted molar refractivity (Wildman–Crippen MR) is 82.3 cm³/mol. The molecule has 0 aromatic heterocycles. The molecule has 1 unspecified atom stereocenters. The highest BCUT2D eigenvalue weighted by Gasteiger charge is 2.23. The van der Waals surface area contributed by atoms with Crippen LogP contribution in [0.25, 0.3) is 0 Å². The monoisotopic (exact) mass is 293 g/mol. The van der Waals surface area contributed by atoms with E-state index < -0.39 is 0 Å². The van der Waals surface area contributed by atoms with Crippen molar-refractivity contribution < 1.29 is 9.13 Å². The van der Waals surface area contributed by atoms with Gasteiger partial charge in [0.2, 0.25) is 0 Å². The van der Waals surface area contributed by atoms with Crippen molar-refractivity contribution in [1.82, 2.24) is 10.2 Å². The fourth-order valence-electron chi connectivity index (χ4n) is 3.22. The van der Waals surface area contributed by atoms with Crippen LogP contribution in [0.2, 0.25) is 0 Å². The van der Waals surface area contributed by atoms with Gasteiger partial charge in [0.05, 0.1) is 13.2 Å².